The largest absolute Gasteiger partial charge is 0.414 e. The molecule has 0 heterocycles. The van der Waals surface area contributed by atoms with E-state index in [1.807, 2.05) is 0 Å². The van der Waals surface area contributed by atoms with E-state index in [-0.39, 0.29) is 0 Å². The Hall–Kier alpha value is 0.184. The van der Waals surface area contributed by atoms with E-state index >= 15 is 0 Å². The molecule has 0 aliphatic heterocycles. The topological polar surface area (TPSA) is 18.5 Å². The van der Waals surface area contributed by atoms with Gasteiger partial charge in [0.25, 0.3) is 0 Å². The van der Waals surface area contributed by atoms with Gasteiger partial charge in [-0.2, -0.15) is 0 Å². The summed E-state index contributed by atoms with van der Waals surface area (Å²) < 4.78 is 11.8. The Labute approximate surface area is 125 Å². The zero-order chi connectivity index (χ0) is 14.8. The van der Waals surface area contributed by atoms with E-state index in [0.29, 0.717) is 0 Å². The quantitative estimate of drug-likeness (QED) is 0.523. The molecule has 0 aromatic heterocycles. The van der Waals surface area contributed by atoms with Gasteiger partial charge in [-0.05, 0) is 49.8 Å². The van der Waals surface area contributed by atoms with Gasteiger partial charge in [0.1, 0.15) is 0 Å². The lowest BCUT2D eigenvalue weighted by Crippen LogP contribution is -2.28. The van der Waals surface area contributed by atoms with Crippen LogP contribution < -0.4 is 0 Å². The third-order valence-electron chi connectivity index (χ3n) is 2.45. The summed E-state index contributed by atoms with van der Waals surface area (Å²) >= 11 is 1.72. The Morgan fingerprint density at radius 1 is 0.789 bits per heavy atom. The van der Waals surface area contributed by atoms with Crippen molar-refractivity contribution in [3.63, 3.8) is 0 Å². The molecule has 0 radical (unpaired) electrons. The summed E-state index contributed by atoms with van der Waals surface area (Å²) in [5.41, 5.74) is 4.50. The summed E-state index contributed by atoms with van der Waals surface area (Å²) in [5.74, 6) is 0. The predicted molar refractivity (Wildman–Crippen MR) is 93.3 cm³/mol. The first kappa shape index (κ1) is 19.2. The summed E-state index contributed by atoms with van der Waals surface area (Å²) in [6.07, 6.45) is 2.18. The lowest BCUT2D eigenvalue weighted by molar-refractivity contribution is 0.314. The van der Waals surface area contributed by atoms with Gasteiger partial charge in [0.2, 0.25) is 16.6 Å². The molecule has 0 saturated carbocycles. The Kier molecular flexibility index (Phi) is 10.1. The summed E-state index contributed by atoms with van der Waals surface area (Å²) in [6.45, 7) is 14.9. The molecule has 112 valence electrons. The van der Waals surface area contributed by atoms with Crippen LogP contribution in [0.5, 0.6) is 0 Å². The van der Waals surface area contributed by atoms with Crippen LogP contribution in [0.3, 0.4) is 0 Å². The number of thioether (sulfide) groups is 1. The fraction of sp³-hybridized carbons (Fsp3) is 0.714. The molecular weight excluding hydrogens is 288 g/mol. The molecule has 0 aromatic rings. The van der Waals surface area contributed by atoms with Crippen LogP contribution in [0.25, 0.3) is 0 Å². The second kappa shape index (κ2) is 9.99. The first-order chi connectivity index (χ1) is 8.83. The van der Waals surface area contributed by atoms with Gasteiger partial charge in [0.15, 0.2) is 0 Å². The van der Waals surface area contributed by atoms with E-state index in [1.165, 1.54) is 0 Å². The summed E-state index contributed by atoms with van der Waals surface area (Å²) in [7, 11) is -3.19. The minimum Gasteiger partial charge on any atom is -0.414 e. The molecule has 19 heavy (non-hydrogen) atoms. The van der Waals surface area contributed by atoms with Crippen molar-refractivity contribution < 1.29 is 8.85 Å². The van der Waals surface area contributed by atoms with Gasteiger partial charge in [-0.25, -0.2) is 0 Å². The van der Waals surface area contributed by atoms with Crippen LogP contribution in [0.1, 0.15) is 26.7 Å². The van der Waals surface area contributed by atoms with E-state index in [4.69, 9.17) is 8.85 Å². The first-order valence-corrected chi connectivity index (χ1v) is 14.0. The second-order valence-electron chi connectivity index (χ2n) is 5.65. The molecule has 0 aliphatic carbocycles. The van der Waals surface area contributed by atoms with Crippen molar-refractivity contribution in [3.05, 3.63) is 22.2 Å². The normalized spacial score (nSPS) is 13.8. The van der Waals surface area contributed by atoms with Crippen molar-refractivity contribution in [3.8, 4) is 0 Å². The zero-order valence-electron chi connectivity index (χ0n) is 13.4. The van der Waals surface area contributed by atoms with Gasteiger partial charge in [-0.15, -0.1) is 11.8 Å². The van der Waals surface area contributed by atoms with E-state index in [0.717, 1.165) is 26.1 Å². The molecule has 2 nitrogen and oxygen atoms in total. The van der Waals surface area contributed by atoms with Crippen molar-refractivity contribution in [1.82, 2.24) is 0 Å². The van der Waals surface area contributed by atoms with Crippen LogP contribution in [-0.2, 0) is 8.85 Å². The Bertz CT molecular complexity index is 261. The fourth-order valence-corrected chi connectivity index (χ4v) is 6.27. The lowest BCUT2D eigenvalue weighted by atomic mass is 10.5. The van der Waals surface area contributed by atoms with Gasteiger partial charge in [0, 0.05) is 13.2 Å². The predicted octanol–water partition coefficient (Wildman–Crippen LogP) is 5.09. The molecule has 0 N–H and O–H groups in total. The molecule has 0 fully saturated rings. The van der Waals surface area contributed by atoms with Crippen molar-refractivity contribution in [2.45, 2.75) is 52.9 Å². The minimum absolute atomic E-state index is 0.870. The van der Waals surface area contributed by atoms with Crippen molar-refractivity contribution >= 4 is 28.4 Å². The molecule has 0 unspecified atom stereocenters. The lowest BCUT2D eigenvalue weighted by Gasteiger charge is -2.18. The highest BCUT2D eigenvalue weighted by Crippen LogP contribution is 2.14. The van der Waals surface area contributed by atoms with Crippen LogP contribution in [-0.4, -0.2) is 29.8 Å². The maximum absolute atomic E-state index is 5.88. The maximum atomic E-state index is 5.88. The van der Waals surface area contributed by atoms with Crippen LogP contribution >= 0.6 is 11.8 Å². The molecular formula is C14H30O2SSi2. The third-order valence-corrected chi connectivity index (χ3v) is 7.36. The Morgan fingerprint density at radius 2 is 1.16 bits per heavy atom. The minimum atomic E-state index is -1.60. The zero-order valence-corrected chi connectivity index (χ0v) is 16.2. The van der Waals surface area contributed by atoms with Gasteiger partial charge >= 0.3 is 0 Å². The summed E-state index contributed by atoms with van der Waals surface area (Å²) in [4.78, 5) is 0. The fourth-order valence-electron chi connectivity index (χ4n) is 1.28. The van der Waals surface area contributed by atoms with Crippen LogP contribution in [0.2, 0.25) is 26.2 Å². The molecule has 0 atom stereocenters. The Morgan fingerprint density at radius 3 is 1.47 bits per heavy atom. The van der Waals surface area contributed by atoms with E-state index in [1.54, 1.807) is 11.8 Å². The Balaban J connectivity index is 4.06. The van der Waals surface area contributed by atoms with Crippen molar-refractivity contribution in [2.24, 2.45) is 0 Å². The van der Waals surface area contributed by atoms with Crippen molar-refractivity contribution in [1.29, 1.82) is 0 Å². The SMILES string of the molecule is CCCO[Si](C)(C)/C=C/S/C=C/[Si](C)(C)OCCC. The number of hydrogen-bond acceptors (Lipinski definition) is 3. The highest BCUT2D eigenvalue weighted by molar-refractivity contribution is 8.05. The molecule has 0 rings (SSSR count). The number of hydrogen-bond donors (Lipinski definition) is 0. The first-order valence-electron chi connectivity index (χ1n) is 7.12. The monoisotopic (exact) mass is 318 g/mol. The third kappa shape index (κ3) is 11.7. The van der Waals surface area contributed by atoms with Gasteiger partial charge in [-0.1, -0.05) is 25.2 Å². The van der Waals surface area contributed by atoms with Gasteiger partial charge in [0.05, 0.1) is 0 Å². The average Bonchev–Trinajstić information content (AvgIpc) is 2.33. The van der Waals surface area contributed by atoms with Crippen LogP contribution in [0.15, 0.2) is 22.2 Å². The van der Waals surface area contributed by atoms with E-state index in [9.17, 15) is 0 Å². The molecule has 0 spiro atoms. The smallest absolute Gasteiger partial charge is 0.211 e. The molecule has 0 aromatic carbocycles. The maximum Gasteiger partial charge on any atom is 0.211 e. The van der Waals surface area contributed by atoms with Gasteiger partial charge < -0.3 is 8.85 Å². The van der Waals surface area contributed by atoms with Crippen LogP contribution in [0.4, 0.5) is 0 Å². The van der Waals surface area contributed by atoms with E-state index < -0.39 is 16.6 Å². The summed E-state index contributed by atoms with van der Waals surface area (Å²) in [5, 5.41) is 4.31. The standard InChI is InChI=1S/C14H30O2SSi2/c1-7-9-15-18(3,4)13-11-17-12-14-19(5,6)16-10-8-2/h11-14H,7-10H2,1-6H3/b13-11+,14-12+. The molecule has 0 aliphatic rings. The van der Waals surface area contributed by atoms with Gasteiger partial charge in [-0.3, -0.25) is 0 Å². The average molecular weight is 319 g/mol. The molecule has 5 heteroatoms. The number of rotatable bonds is 10. The molecule has 0 bridgehead atoms. The molecule has 0 amide bonds. The van der Waals surface area contributed by atoms with E-state index in [2.05, 4.69) is 62.3 Å². The highest BCUT2D eigenvalue weighted by atomic mass is 32.2. The molecule has 0 saturated heterocycles. The van der Waals surface area contributed by atoms with Crippen molar-refractivity contribution in [2.75, 3.05) is 13.2 Å². The summed E-state index contributed by atoms with van der Waals surface area (Å²) in [6, 6.07) is 0. The second-order valence-corrected chi connectivity index (χ2v) is 14.1. The highest BCUT2D eigenvalue weighted by Gasteiger charge is 2.18. The van der Waals surface area contributed by atoms with Crippen LogP contribution in [0, 0.1) is 0 Å².